The standard InChI is InChI=1S/C10H19NO/c1-3-9(8-11-2)7-10-5-4-6-12-10/h7,10-11H,3-6,8H2,1-2H3. The van der Waals surface area contributed by atoms with Crippen LogP contribution in [0.4, 0.5) is 0 Å². The van der Waals surface area contributed by atoms with Crippen LogP contribution in [0.1, 0.15) is 26.2 Å². The monoisotopic (exact) mass is 169 g/mol. The molecule has 1 aliphatic heterocycles. The normalized spacial score (nSPS) is 24.8. The van der Waals surface area contributed by atoms with Gasteiger partial charge in [-0.1, -0.05) is 18.6 Å². The molecule has 1 unspecified atom stereocenters. The van der Waals surface area contributed by atoms with Gasteiger partial charge in [0.2, 0.25) is 0 Å². The Labute approximate surface area is 75.0 Å². The van der Waals surface area contributed by atoms with Crippen molar-refractivity contribution in [1.29, 1.82) is 0 Å². The van der Waals surface area contributed by atoms with Gasteiger partial charge in [-0.3, -0.25) is 0 Å². The summed E-state index contributed by atoms with van der Waals surface area (Å²) in [6.07, 6.45) is 6.23. The molecular weight excluding hydrogens is 150 g/mol. The summed E-state index contributed by atoms with van der Waals surface area (Å²) in [4.78, 5) is 0. The van der Waals surface area contributed by atoms with Crippen molar-refractivity contribution in [2.45, 2.75) is 32.3 Å². The predicted molar refractivity (Wildman–Crippen MR) is 51.3 cm³/mol. The molecule has 0 spiro atoms. The first-order valence-electron chi connectivity index (χ1n) is 4.82. The van der Waals surface area contributed by atoms with E-state index in [9.17, 15) is 0 Å². The van der Waals surface area contributed by atoms with Crippen LogP contribution in [0.2, 0.25) is 0 Å². The molecule has 70 valence electrons. The Hall–Kier alpha value is -0.340. The molecule has 1 rings (SSSR count). The smallest absolute Gasteiger partial charge is 0.0759 e. The summed E-state index contributed by atoms with van der Waals surface area (Å²) in [5, 5.41) is 3.17. The van der Waals surface area contributed by atoms with Crippen LogP contribution in [-0.2, 0) is 4.74 Å². The molecule has 0 bridgehead atoms. The van der Waals surface area contributed by atoms with Crippen molar-refractivity contribution in [3.05, 3.63) is 11.6 Å². The van der Waals surface area contributed by atoms with Crippen molar-refractivity contribution >= 4 is 0 Å². The van der Waals surface area contributed by atoms with E-state index in [2.05, 4.69) is 18.3 Å². The molecule has 1 N–H and O–H groups in total. The largest absolute Gasteiger partial charge is 0.374 e. The summed E-state index contributed by atoms with van der Waals surface area (Å²) in [7, 11) is 1.99. The molecule has 1 aliphatic rings. The highest BCUT2D eigenvalue weighted by atomic mass is 16.5. The summed E-state index contributed by atoms with van der Waals surface area (Å²) in [6.45, 7) is 4.13. The fourth-order valence-electron chi connectivity index (χ4n) is 1.53. The Kier molecular flexibility index (Phi) is 4.33. The van der Waals surface area contributed by atoms with E-state index < -0.39 is 0 Å². The SMILES string of the molecule is CCC(=CC1CCCO1)CNC. The molecule has 2 heteroatoms. The molecule has 0 aromatic heterocycles. The van der Waals surface area contributed by atoms with E-state index in [4.69, 9.17) is 4.74 Å². The van der Waals surface area contributed by atoms with Gasteiger partial charge >= 0.3 is 0 Å². The fraction of sp³-hybridized carbons (Fsp3) is 0.800. The molecule has 2 nitrogen and oxygen atoms in total. The zero-order valence-electron chi connectivity index (χ0n) is 8.10. The summed E-state index contributed by atoms with van der Waals surface area (Å²) < 4.78 is 5.53. The van der Waals surface area contributed by atoms with Gasteiger partial charge in [0.05, 0.1) is 6.10 Å². The molecule has 0 aromatic rings. The van der Waals surface area contributed by atoms with Gasteiger partial charge < -0.3 is 10.1 Å². The third-order valence-corrected chi connectivity index (χ3v) is 2.24. The lowest BCUT2D eigenvalue weighted by Gasteiger charge is -2.07. The number of hydrogen-bond donors (Lipinski definition) is 1. The van der Waals surface area contributed by atoms with E-state index in [0.29, 0.717) is 6.10 Å². The summed E-state index contributed by atoms with van der Waals surface area (Å²) in [5.41, 5.74) is 1.46. The minimum Gasteiger partial charge on any atom is -0.374 e. The molecule has 1 fully saturated rings. The molecule has 0 saturated carbocycles. The van der Waals surface area contributed by atoms with E-state index in [1.54, 1.807) is 0 Å². The lowest BCUT2D eigenvalue weighted by Crippen LogP contribution is -2.12. The molecule has 1 heterocycles. The minimum absolute atomic E-state index is 0.397. The Morgan fingerprint density at radius 3 is 3.00 bits per heavy atom. The number of rotatable bonds is 4. The topological polar surface area (TPSA) is 21.3 Å². The van der Waals surface area contributed by atoms with Crippen molar-refractivity contribution in [2.24, 2.45) is 0 Å². The molecule has 0 amide bonds. The van der Waals surface area contributed by atoms with Crippen LogP contribution < -0.4 is 5.32 Å². The fourth-order valence-corrected chi connectivity index (χ4v) is 1.53. The highest BCUT2D eigenvalue weighted by Crippen LogP contribution is 2.15. The summed E-state index contributed by atoms with van der Waals surface area (Å²) in [6, 6.07) is 0. The van der Waals surface area contributed by atoms with Crippen LogP contribution in [0.3, 0.4) is 0 Å². The average Bonchev–Trinajstić information content (AvgIpc) is 2.56. The van der Waals surface area contributed by atoms with Crippen LogP contribution in [-0.4, -0.2) is 26.3 Å². The van der Waals surface area contributed by atoms with Gasteiger partial charge in [0.1, 0.15) is 0 Å². The van der Waals surface area contributed by atoms with Crippen molar-refractivity contribution < 1.29 is 4.74 Å². The first kappa shape index (κ1) is 9.75. The molecule has 12 heavy (non-hydrogen) atoms. The lowest BCUT2D eigenvalue weighted by molar-refractivity contribution is 0.145. The zero-order valence-corrected chi connectivity index (χ0v) is 8.10. The second-order valence-corrected chi connectivity index (χ2v) is 3.26. The lowest BCUT2D eigenvalue weighted by atomic mass is 10.1. The second-order valence-electron chi connectivity index (χ2n) is 3.26. The first-order chi connectivity index (χ1) is 5.86. The van der Waals surface area contributed by atoms with Gasteiger partial charge in [-0.2, -0.15) is 0 Å². The highest BCUT2D eigenvalue weighted by Gasteiger charge is 2.12. The third kappa shape index (κ3) is 2.95. The molecule has 1 saturated heterocycles. The molecule has 0 aromatic carbocycles. The van der Waals surface area contributed by atoms with E-state index in [0.717, 1.165) is 19.6 Å². The number of nitrogens with one attached hydrogen (secondary N) is 1. The maximum absolute atomic E-state index is 5.53. The molecule has 0 radical (unpaired) electrons. The molecule has 0 aliphatic carbocycles. The van der Waals surface area contributed by atoms with Gasteiger partial charge in [0.15, 0.2) is 0 Å². The summed E-state index contributed by atoms with van der Waals surface area (Å²) in [5.74, 6) is 0. The Balaban J connectivity index is 2.38. The predicted octanol–water partition coefficient (Wildman–Crippen LogP) is 1.72. The Morgan fingerprint density at radius 2 is 2.50 bits per heavy atom. The third-order valence-electron chi connectivity index (χ3n) is 2.24. The van der Waals surface area contributed by atoms with E-state index in [1.807, 2.05) is 7.05 Å². The number of ether oxygens (including phenoxy) is 1. The summed E-state index contributed by atoms with van der Waals surface area (Å²) >= 11 is 0. The van der Waals surface area contributed by atoms with Crippen molar-refractivity contribution in [3.8, 4) is 0 Å². The molecule has 1 atom stereocenters. The second kappa shape index (κ2) is 5.33. The van der Waals surface area contributed by atoms with Crippen LogP contribution in [0.5, 0.6) is 0 Å². The van der Waals surface area contributed by atoms with Crippen LogP contribution in [0.15, 0.2) is 11.6 Å². The van der Waals surface area contributed by atoms with Crippen LogP contribution in [0.25, 0.3) is 0 Å². The van der Waals surface area contributed by atoms with E-state index in [-0.39, 0.29) is 0 Å². The highest BCUT2D eigenvalue weighted by molar-refractivity contribution is 5.07. The maximum Gasteiger partial charge on any atom is 0.0759 e. The minimum atomic E-state index is 0.397. The van der Waals surface area contributed by atoms with Gasteiger partial charge in [-0.25, -0.2) is 0 Å². The van der Waals surface area contributed by atoms with Gasteiger partial charge in [-0.05, 0) is 26.3 Å². The zero-order chi connectivity index (χ0) is 8.81. The Morgan fingerprint density at radius 1 is 1.67 bits per heavy atom. The first-order valence-corrected chi connectivity index (χ1v) is 4.82. The number of likely N-dealkylation sites (N-methyl/N-ethyl adjacent to an activating group) is 1. The van der Waals surface area contributed by atoms with Crippen LogP contribution >= 0.6 is 0 Å². The van der Waals surface area contributed by atoms with Gasteiger partial charge in [-0.15, -0.1) is 0 Å². The number of hydrogen-bond acceptors (Lipinski definition) is 2. The van der Waals surface area contributed by atoms with Crippen molar-refractivity contribution in [3.63, 3.8) is 0 Å². The van der Waals surface area contributed by atoms with E-state index in [1.165, 1.54) is 18.4 Å². The molecular formula is C10H19NO. The van der Waals surface area contributed by atoms with Gasteiger partial charge in [0, 0.05) is 13.2 Å². The quantitative estimate of drug-likeness (QED) is 0.647. The van der Waals surface area contributed by atoms with Crippen molar-refractivity contribution in [2.75, 3.05) is 20.2 Å². The van der Waals surface area contributed by atoms with Crippen LogP contribution in [0, 0.1) is 0 Å². The van der Waals surface area contributed by atoms with Gasteiger partial charge in [0.25, 0.3) is 0 Å². The van der Waals surface area contributed by atoms with E-state index >= 15 is 0 Å². The average molecular weight is 169 g/mol. The van der Waals surface area contributed by atoms with Crippen molar-refractivity contribution in [1.82, 2.24) is 5.32 Å². The maximum atomic E-state index is 5.53. The Bertz CT molecular complexity index is 148.